The average Bonchev–Trinajstić information content (AvgIpc) is 0.954. The molecule has 0 heterocycles. The molecule has 87 heavy (non-hydrogen) atoms. The summed E-state index contributed by atoms with van der Waals surface area (Å²) in [4.78, 5) is 0. The molecule has 0 unspecified atom stereocenters. The Kier molecular flexibility index (Phi) is 64.5. The molecule has 1 rings (SSSR count). The molecule has 0 heteroatoms. The zero-order chi connectivity index (χ0) is 62.9. The van der Waals surface area contributed by atoms with Crippen molar-refractivity contribution in [2.24, 2.45) is 0 Å². The fraction of sp³-hybridized carbons (Fsp3) is 0.931. The van der Waals surface area contributed by atoms with E-state index in [1.54, 1.807) is 0 Å². The number of hydrogen-bond donors (Lipinski definition) is 0. The highest BCUT2D eigenvalue weighted by Gasteiger charge is 2.38. The number of rotatable bonds is 73. The van der Waals surface area contributed by atoms with E-state index in [1.165, 1.54) is 462 Å². The smallest absolute Gasteiger partial charge is 0.00413 e. The predicted molar refractivity (Wildman–Crippen MR) is 401 cm³/mol. The molecule has 0 aliphatic carbocycles. The minimum absolute atomic E-state index is 0.330. The Bertz CT molecular complexity index is 1380. The van der Waals surface area contributed by atoms with Gasteiger partial charge in [-0.2, -0.15) is 0 Å². The summed E-state index contributed by atoms with van der Waals surface area (Å²) >= 11 is 0. The van der Waals surface area contributed by atoms with Gasteiger partial charge in [0.1, 0.15) is 0 Å². The van der Waals surface area contributed by atoms with Crippen LogP contribution in [0.25, 0.3) is 0 Å². The zero-order valence-electron chi connectivity index (χ0n) is 62.4. The van der Waals surface area contributed by atoms with Gasteiger partial charge >= 0.3 is 0 Å². The van der Waals surface area contributed by atoms with E-state index in [4.69, 9.17) is 0 Å². The minimum Gasteiger partial charge on any atom is -0.0654 e. The molecule has 0 N–H and O–H groups in total. The SMILES string of the molecule is CCCCCCCCCCc1c(CCCCCCCCCC)c(CCCCCCCCCC)c(C(CCCCCCCCCC)(CCCCCCCCCC)CCCCCCCCCC)c(CCCCCCCCCC)c1CCCCCCCCCC. The van der Waals surface area contributed by atoms with Crippen LogP contribution in [-0.2, 0) is 37.5 Å². The van der Waals surface area contributed by atoms with Crippen LogP contribution in [0, 0.1) is 0 Å². The van der Waals surface area contributed by atoms with Crippen LogP contribution in [-0.4, -0.2) is 0 Å². The number of benzene rings is 1. The van der Waals surface area contributed by atoms with Gasteiger partial charge in [-0.1, -0.05) is 434 Å². The number of unbranched alkanes of at least 4 members (excludes halogenated alkanes) is 56. The van der Waals surface area contributed by atoms with Crippen molar-refractivity contribution in [3.05, 3.63) is 33.4 Å². The summed E-state index contributed by atoms with van der Waals surface area (Å²) in [5.41, 5.74) is 12.5. The first-order valence-corrected chi connectivity index (χ1v) is 42.2. The Hall–Kier alpha value is -0.780. The third kappa shape index (κ3) is 46.9. The first-order valence-electron chi connectivity index (χ1n) is 42.2. The minimum atomic E-state index is 0.330. The second-order valence-corrected chi connectivity index (χ2v) is 29.8. The van der Waals surface area contributed by atoms with E-state index in [1.807, 2.05) is 27.8 Å². The average molecular weight is 1210 g/mol. The van der Waals surface area contributed by atoms with Gasteiger partial charge in [-0.05, 0) is 122 Å². The summed E-state index contributed by atoms with van der Waals surface area (Å²) in [5, 5.41) is 0. The predicted octanol–water partition coefficient (Wildman–Crippen LogP) is 31.9. The molecule has 0 saturated carbocycles. The second kappa shape index (κ2) is 66.7. The van der Waals surface area contributed by atoms with E-state index in [-0.39, 0.29) is 0 Å². The molecule has 0 aromatic heterocycles. The van der Waals surface area contributed by atoms with Gasteiger partial charge < -0.3 is 0 Å². The molecule has 0 aliphatic heterocycles. The van der Waals surface area contributed by atoms with Crippen LogP contribution in [0.3, 0.4) is 0 Å². The quantitative estimate of drug-likeness (QED) is 0.0570. The largest absolute Gasteiger partial charge is 0.0654 e. The Morgan fingerprint density at radius 3 is 0.437 bits per heavy atom. The van der Waals surface area contributed by atoms with Crippen molar-refractivity contribution in [2.45, 2.75) is 523 Å². The first-order chi connectivity index (χ1) is 43.0. The van der Waals surface area contributed by atoms with E-state index in [0.29, 0.717) is 5.41 Å². The molecule has 0 atom stereocenters. The molecule has 1 aromatic carbocycles. The van der Waals surface area contributed by atoms with Crippen LogP contribution in [0.15, 0.2) is 0 Å². The van der Waals surface area contributed by atoms with Gasteiger partial charge in [-0.25, -0.2) is 0 Å². The molecule has 1 aromatic rings. The molecule has 0 saturated heterocycles. The van der Waals surface area contributed by atoms with Gasteiger partial charge in [0.15, 0.2) is 0 Å². The fourth-order valence-electron chi connectivity index (χ4n) is 15.8. The molecule has 0 nitrogen and oxygen atoms in total. The standard InChI is InChI=1S/C87H168/c1-9-17-25-33-41-49-57-65-73-81-82(74-66-58-50-42-34-26-18-10-2)84(76-68-60-52-44-36-28-20-12-4)86(85(77-69-61-53-45-37-29-21-13-5)83(81)75-67-59-51-43-35-27-19-11-3)87(78-70-62-54-46-38-30-22-14-6,79-71-63-55-47-39-31-23-15-7)80-72-64-56-48-40-32-24-16-8/h9-80H2,1-8H3. The van der Waals surface area contributed by atoms with Crippen molar-refractivity contribution in [3.63, 3.8) is 0 Å². The third-order valence-electron chi connectivity index (χ3n) is 21.5. The highest BCUT2D eigenvalue weighted by Crippen LogP contribution is 2.49. The van der Waals surface area contributed by atoms with Gasteiger partial charge in [-0.15, -0.1) is 0 Å². The third-order valence-corrected chi connectivity index (χ3v) is 21.5. The van der Waals surface area contributed by atoms with Crippen molar-refractivity contribution in [3.8, 4) is 0 Å². The lowest BCUT2D eigenvalue weighted by Gasteiger charge is -2.42. The molecule has 516 valence electrons. The monoisotopic (exact) mass is 1210 g/mol. The molecule has 0 fully saturated rings. The summed E-state index contributed by atoms with van der Waals surface area (Å²) in [7, 11) is 0. The van der Waals surface area contributed by atoms with Gasteiger partial charge in [-0.3, -0.25) is 0 Å². The van der Waals surface area contributed by atoms with Crippen LogP contribution < -0.4 is 0 Å². The van der Waals surface area contributed by atoms with E-state index in [2.05, 4.69) is 61.0 Å². The van der Waals surface area contributed by atoms with Crippen molar-refractivity contribution < 1.29 is 0 Å². The van der Waals surface area contributed by atoms with Crippen LogP contribution >= 0.6 is 0 Å². The van der Waals surface area contributed by atoms with E-state index >= 15 is 0 Å². The summed E-state index contributed by atoms with van der Waals surface area (Å²) in [5.74, 6) is 0. The zero-order valence-corrected chi connectivity index (χ0v) is 62.4. The van der Waals surface area contributed by atoms with Crippen molar-refractivity contribution in [2.75, 3.05) is 0 Å². The van der Waals surface area contributed by atoms with E-state index in [0.717, 1.165) is 0 Å². The molecule has 0 radical (unpaired) electrons. The maximum absolute atomic E-state index is 2.40. The molecule has 0 spiro atoms. The maximum Gasteiger partial charge on any atom is -0.00413 e. The fourth-order valence-corrected chi connectivity index (χ4v) is 15.8. The highest BCUT2D eigenvalue weighted by atomic mass is 14.4. The second-order valence-electron chi connectivity index (χ2n) is 29.8. The Morgan fingerprint density at radius 2 is 0.264 bits per heavy atom. The van der Waals surface area contributed by atoms with Crippen molar-refractivity contribution in [1.82, 2.24) is 0 Å². The number of hydrogen-bond acceptors (Lipinski definition) is 0. The van der Waals surface area contributed by atoms with Crippen LogP contribution in [0.1, 0.15) is 519 Å². The summed E-state index contributed by atoms with van der Waals surface area (Å²) in [6.45, 7) is 19.2. The van der Waals surface area contributed by atoms with Gasteiger partial charge in [0, 0.05) is 0 Å². The highest BCUT2D eigenvalue weighted by molar-refractivity contribution is 5.56. The van der Waals surface area contributed by atoms with Gasteiger partial charge in [0.25, 0.3) is 0 Å². The Morgan fingerprint density at radius 1 is 0.138 bits per heavy atom. The first kappa shape index (κ1) is 84.2. The summed E-state index contributed by atoms with van der Waals surface area (Å²) in [6, 6.07) is 0. The van der Waals surface area contributed by atoms with E-state index in [9.17, 15) is 0 Å². The van der Waals surface area contributed by atoms with Gasteiger partial charge in [0.05, 0.1) is 0 Å². The molecule has 0 aliphatic rings. The van der Waals surface area contributed by atoms with E-state index < -0.39 is 0 Å². The molecular formula is C87H168. The van der Waals surface area contributed by atoms with Crippen molar-refractivity contribution in [1.29, 1.82) is 0 Å². The maximum atomic E-state index is 2.40. The van der Waals surface area contributed by atoms with Gasteiger partial charge in [0.2, 0.25) is 0 Å². The Balaban J connectivity index is 4.54. The molecule has 0 bridgehead atoms. The van der Waals surface area contributed by atoms with Crippen LogP contribution in [0.5, 0.6) is 0 Å². The van der Waals surface area contributed by atoms with Crippen LogP contribution in [0.2, 0.25) is 0 Å². The lowest BCUT2D eigenvalue weighted by atomic mass is 9.63. The molecule has 0 amide bonds. The summed E-state index contributed by atoms with van der Waals surface area (Å²) in [6.07, 6.45) is 104. The summed E-state index contributed by atoms with van der Waals surface area (Å²) < 4.78 is 0. The Labute approximate surface area is 553 Å². The van der Waals surface area contributed by atoms with Crippen molar-refractivity contribution >= 4 is 0 Å². The topological polar surface area (TPSA) is 0 Å². The lowest BCUT2D eigenvalue weighted by molar-refractivity contribution is 0.294. The lowest BCUT2D eigenvalue weighted by Crippen LogP contribution is -2.32. The molecular weight excluding hydrogens is 1040 g/mol. The normalized spacial score (nSPS) is 12.0. The van der Waals surface area contributed by atoms with Crippen LogP contribution in [0.4, 0.5) is 0 Å².